The molecule has 1 aromatic carbocycles. The number of hydrogen-bond acceptors (Lipinski definition) is 5. The van der Waals surface area contributed by atoms with E-state index in [9.17, 15) is 14.7 Å². The van der Waals surface area contributed by atoms with Gasteiger partial charge < -0.3 is 24.1 Å². The summed E-state index contributed by atoms with van der Waals surface area (Å²) in [6.45, 7) is 0.0856. The summed E-state index contributed by atoms with van der Waals surface area (Å²) in [5.41, 5.74) is 0.281. The average molecular weight is 342 g/mol. The summed E-state index contributed by atoms with van der Waals surface area (Å²) in [4.78, 5) is 23.8. The van der Waals surface area contributed by atoms with Crippen molar-refractivity contribution in [3.05, 3.63) is 64.8 Å². The van der Waals surface area contributed by atoms with Crippen LogP contribution in [0.4, 0.5) is 0 Å². The Hall–Kier alpha value is -3.06. The van der Waals surface area contributed by atoms with Crippen LogP contribution in [0, 0.1) is 0 Å². The number of pyridine rings is 1. The molecule has 25 heavy (non-hydrogen) atoms. The van der Waals surface area contributed by atoms with Gasteiger partial charge in [-0.1, -0.05) is 18.2 Å². The van der Waals surface area contributed by atoms with Crippen molar-refractivity contribution >= 4 is 16.9 Å². The molecule has 0 aliphatic carbocycles. The van der Waals surface area contributed by atoms with E-state index in [1.807, 2.05) is 6.07 Å². The number of carbonyl (C=O) groups is 1. The maximum atomic E-state index is 12.2. The highest BCUT2D eigenvalue weighted by Gasteiger charge is 2.16. The van der Waals surface area contributed by atoms with Gasteiger partial charge in [0.25, 0.3) is 11.5 Å². The quantitative estimate of drug-likeness (QED) is 0.706. The number of ether oxygens (including phenoxy) is 1. The summed E-state index contributed by atoms with van der Waals surface area (Å²) in [6.07, 6.45) is 0.682. The minimum Gasteiger partial charge on any atom is -0.493 e. The van der Waals surface area contributed by atoms with Crippen molar-refractivity contribution in [1.82, 2.24) is 9.88 Å². The Morgan fingerprint density at radius 1 is 1.32 bits per heavy atom. The first kappa shape index (κ1) is 16.8. The molecule has 0 unspecified atom stereocenters. The van der Waals surface area contributed by atoms with Gasteiger partial charge in [-0.2, -0.15) is 0 Å². The summed E-state index contributed by atoms with van der Waals surface area (Å²) in [5, 5.41) is 13.4. The minimum atomic E-state index is -0.900. The second kappa shape index (κ2) is 7.23. The van der Waals surface area contributed by atoms with Gasteiger partial charge in [0.05, 0.1) is 19.8 Å². The van der Waals surface area contributed by atoms with E-state index in [4.69, 9.17) is 9.15 Å². The molecular formula is C18H18N2O5. The molecule has 1 atom stereocenters. The summed E-state index contributed by atoms with van der Waals surface area (Å²) >= 11 is 0. The van der Waals surface area contributed by atoms with Crippen LogP contribution in [0.5, 0.6) is 5.75 Å². The van der Waals surface area contributed by atoms with Gasteiger partial charge in [-0.05, 0) is 18.2 Å². The van der Waals surface area contributed by atoms with Crippen LogP contribution in [0.15, 0.2) is 57.9 Å². The standard InChI is InChI=1S/C18H18N2O5/c1-24-14-6-4-5-12-9-15(25-17(12)14)18(23)19-10-13(21)11-20-8-3-2-7-16(20)22/h2-9,13,21H,10-11H2,1H3,(H,19,23)/t13-/m1/s1. The van der Waals surface area contributed by atoms with E-state index in [0.29, 0.717) is 11.3 Å². The molecule has 0 aliphatic rings. The van der Waals surface area contributed by atoms with Crippen LogP contribution < -0.4 is 15.6 Å². The normalized spacial score (nSPS) is 12.1. The van der Waals surface area contributed by atoms with Crippen LogP contribution in [0.1, 0.15) is 10.6 Å². The monoisotopic (exact) mass is 342 g/mol. The van der Waals surface area contributed by atoms with E-state index in [1.54, 1.807) is 36.5 Å². The number of rotatable bonds is 6. The van der Waals surface area contributed by atoms with Gasteiger partial charge in [0.2, 0.25) is 0 Å². The number of para-hydroxylation sites is 1. The van der Waals surface area contributed by atoms with Gasteiger partial charge >= 0.3 is 0 Å². The molecule has 3 rings (SSSR count). The van der Waals surface area contributed by atoms with E-state index in [1.165, 1.54) is 17.7 Å². The second-order valence-corrected chi connectivity index (χ2v) is 5.54. The van der Waals surface area contributed by atoms with Crippen molar-refractivity contribution in [3.8, 4) is 5.75 Å². The second-order valence-electron chi connectivity index (χ2n) is 5.54. The topological polar surface area (TPSA) is 93.7 Å². The SMILES string of the molecule is COc1cccc2cc(C(=O)NC[C@@H](O)Cn3ccccc3=O)oc12. The molecule has 2 aromatic heterocycles. The predicted molar refractivity (Wildman–Crippen MR) is 91.8 cm³/mol. The van der Waals surface area contributed by atoms with Crippen molar-refractivity contribution in [3.63, 3.8) is 0 Å². The highest BCUT2D eigenvalue weighted by molar-refractivity contribution is 5.97. The number of furan rings is 1. The zero-order valence-electron chi connectivity index (χ0n) is 13.6. The van der Waals surface area contributed by atoms with Crippen molar-refractivity contribution < 1.29 is 19.1 Å². The van der Waals surface area contributed by atoms with Gasteiger partial charge in [0.1, 0.15) is 0 Å². The summed E-state index contributed by atoms with van der Waals surface area (Å²) in [6, 6.07) is 11.7. The smallest absolute Gasteiger partial charge is 0.287 e. The van der Waals surface area contributed by atoms with Crippen LogP contribution in [0.3, 0.4) is 0 Å². The Bertz CT molecular complexity index is 944. The summed E-state index contributed by atoms with van der Waals surface area (Å²) in [5.74, 6) is 0.223. The highest BCUT2D eigenvalue weighted by atomic mass is 16.5. The van der Waals surface area contributed by atoms with Gasteiger partial charge in [-0.3, -0.25) is 9.59 Å². The lowest BCUT2D eigenvalue weighted by Gasteiger charge is -2.12. The number of aliphatic hydroxyl groups is 1. The van der Waals surface area contributed by atoms with Crippen molar-refractivity contribution in [1.29, 1.82) is 0 Å². The number of fused-ring (bicyclic) bond motifs is 1. The number of nitrogens with one attached hydrogen (secondary N) is 1. The number of amides is 1. The number of aromatic nitrogens is 1. The fourth-order valence-electron chi connectivity index (χ4n) is 2.51. The average Bonchev–Trinajstić information content (AvgIpc) is 3.06. The van der Waals surface area contributed by atoms with Crippen LogP contribution in [0.2, 0.25) is 0 Å². The molecule has 7 heteroatoms. The molecule has 0 aliphatic heterocycles. The molecule has 2 N–H and O–H groups in total. The lowest BCUT2D eigenvalue weighted by molar-refractivity contribution is 0.0878. The van der Waals surface area contributed by atoms with Gasteiger partial charge in [-0.25, -0.2) is 0 Å². The maximum absolute atomic E-state index is 12.2. The number of hydrogen-bond donors (Lipinski definition) is 2. The molecule has 1 amide bonds. The number of aliphatic hydroxyl groups excluding tert-OH is 1. The zero-order valence-corrected chi connectivity index (χ0v) is 13.6. The Labute approximate surface area is 143 Å². The first-order valence-corrected chi connectivity index (χ1v) is 7.77. The summed E-state index contributed by atoms with van der Waals surface area (Å²) < 4.78 is 12.1. The van der Waals surface area contributed by atoms with Gasteiger partial charge in [-0.15, -0.1) is 0 Å². The molecule has 0 saturated heterocycles. The number of methoxy groups -OCH3 is 1. The van der Waals surface area contributed by atoms with Crippen molar-refractivity contribution in [2.75, 3.05) is 13.7 Å². The van der Waals surface area contributed by atoms with E-state index >= 15 is 0 Å². The third kappa shape index (κ3) is 3.72. The van der Waals surface area contributed by atoms with Gasteiger partial charge in [0, 0.05) is 24.2 Å². The third-order valence-corrected chi connectivity index (χ3v) is 3.76. The first-order chi connectivity index (χ1) is 12.1. The molecular weight excluding hydrogens is 324 g/mol. The molecule has 2 heterocycles. The molecule has 0 saturated carbocycles. The van der Waals surface area contributed by atoms with Crippen LogP contribution in [-0.2, 0) is 6.54 Å². The van der Waals surface area contributed by atoms with E-state index < -0.39 is 12.0 Å². The minimum absolute atomic E-state index is 0.00561. The lowest BCUT2D eigenvalue weighted by Crippen LogP contribution is -2.36. The molecule has 0 spiro atoms. The number of nitrogens with zero attached hydrogens (tertiary/aromatic N) is 1. The van der Waals surface area contributed by atoms with E-state index in [0.717, 1.165) is 5.39 Å². The predicted octanol–water partition coefficient (Wildman–Crippen LogP) is 1.39. The lowest BCUT2D eigenvalue weighted by atomic mass is 10.2. The van der Waals surface area contributed by atoms with Crippen molar-refractivity contribution in [2.45, 2.75) is 12.6 Å². The zero-order chi connectivity index (χ0) is 17.8. The molecule has 0 fully saturated rings. The highest BCUT2D eigenvalue weighted by Crippen LogP contribution is 2.28. The Kier molecular flexibility index (Phi) is 4.85. The summed E-state index contributed by atoms with van der Waals surface area (Å²) in [7, 11) is 1.53. The first-order valence-electron chi connectivity index (χ1n) is 7.77. The maximum Gasteiger partial charge on any atom is 0.287 e. The fourth-order valence-corrected chi connectivity index (χ4v) is 2.51. The van der Waals surface area contributed by atoms with E-state index in [2.05, 4.69) is 5.32 Å². The molecule has 7 nitrogen and oxygen atoms in total. The van der Waals surface area contributed by atoms with Crippen LogP contribution in [-0.4, -0.2) is 35.3 Å². The number of carbonyl (C=O) groups excluding carboxylic acids is 1. The number of benzene rings is 1. The molecule has 3 aromatic rings. The molecule has 130 valence electrons. The Morgan fingerprint density at radius 3 is 2.92 bits per heavy atom. The largest absolute Gasteiger partial charge is 0.493 e. The Balaban J connectivity index is 1.64. The van der Waals surface area contributed by atoms with Crippen LogP contribution in [0.25, 0.3) is 11.0 Å². The van der Waals surface area contributed by atoms with E-state index in [-0.39, 0.29) is 24.4 Å². The Morgan fingerprint density at radius 2 is 2.16 bits per heavy atom. The fraction of sp³-hybridized carbons (Fsp3) is 0.222. The van der Waals surface area contributed by atoms with Crippen molar-refractivity contribution in [2.24, 2.45) is 0 Å². The van der Waals surface area contributed by atoms with Gasteiger partial charge in [0.15, 0.2) is 17.1 Å². The third-order valence-electron chi connectivity index (χ3n) is 3.76. The van der Waals surface area contributed by atoms with Crippen LogP contribution >= 0.6 is 0 Å². The molecule has 0 bridgehead atoms. The molecule has 0 radical (unpaired) electrons.